The molecule has 4 rings (SSSR count). The number of aryl methyl sites for hydroxylation is 3. The van der Waals surface area contributed by atoms with Gasteiger partial charge in [0.2, 0.25) is 0 Å². The average Bonchev–Trinajstić information content (AvgIpc) is 2.77. The fourth-order valence-corrected chi connectivity index (χ4v) is 5.28. The van der Waals surface area contributed by atoms with Crippen LogP contribution in [0.4, 0.5) is 5.69 Å². The van der Waals surface area contributed by atoms with Crippen molar-refractivity contribution in [3.8, 4) is 11.5 Å². The van der Waals surface area contributed by atoms with Crippen LogP contribution in [0.3, 0.4) is 0 Å². The van der Waals surface area contributed by atoms with Crippen molar-refractivity contribution in [2.24, 2.45) is 0 Å². The number of hydrogen-bond acceptors (Lipinski definition) is 5. The number of sulfonamides is 1. The van der Waals surface area contributed by atoms with Crippen molar-refractivity contribution in [2.75, 3.05) is 17.9 Å². The van der Waals surface area contributed by atoms with E-state index in [1.165, 1.54) is 6.07 Å². The first-order valence-electron chi connectivity index (χ1n) is 11.0. The van der Waals surface area contributed by atoms with Crippen LogP contribution in [0.2, 0.25) is 0 Å². The molecule has 0 spiro atoms. The van der Waals surface area contributed by atoms with Crippen molar-refractivity contribution in [3.63, 3.8) is 0 Å². The molecule has 3 aromatic carbocycles. The van der Waals surface area contributed by atoms with Crippen LogP contribution in [0.5, 0.6) is 11.5 Å². The highest BCUT2D eigenvalue weighted by Gasteiger charge is 2.21. The van der Waals surface area contributed by atoms with Crippen molar-refractivity contribution in [1.29, 1.82) is 0 Å². The lowest BCUT2D eigenvalue weighted by Gasteiger charge is -2.21. The van der Waals surface area contributed by atoms with Gasteiger partial charge in [-0.1, -0.05) is 18.2 Å². The Balaban J connectivity index is 1.54. The summed E-state index contributed by atoms with van der Waals surface area (Å²) in [5.74, 6) is 0.953. The lowest BCUT2D eigenvalue weighted by molar-refractivity contribution is 0.0939. The molecule has 1 heterocycles. The third-order valence-corrected chi connectivity index (χ3v) is 7.15. The largest absolute Gasteiger partial charge is 0.486 e. The van der Waals surface area contributed by atoms with E-state index in [2.05, 4.69) is 10.0 Å². The molecule has 0 radical (unpaired) electrons. The highest BCUT2D eigenvalue weighted by Crippen LogP contribution is 2.32. The maximum Gasteiger partial charge on any atom is 0.262 e. The van der Waals surface area contributed by atoms with E-state index in [9.17, 15) is 13.2 Å². The molecule has 1 amide bonds. The van der Waals surface area contributed by atoms with Crippen LogP contribution in [0.15, 0.2) is 59.5 Å². The Labute approximate surface area is 200 Å². The molecule has 1 aliphatic heterocycles. The van der Waals surface area contributed by atoms with Gasteiger partial charge in [-0.25, -0.2) is 8.42 Å². The van der Waals surface area contributed by atoms with Gasteiger partial charge in [-0.3, -0.25) is 9.52 Å². The average molecular weight is 481 g/mol. The number of nitrogens with one attached hydrogen (secondary N) is 2. The molecule has 1 aliphatic rings. The number of rotatable bonds is 6. The lowest BCUT2D eigenvalue weighted by Crippen LogP contribution is -2.27. The summed E-state index contributed by atoms with van der Waals surface area (Å²) in [6.45, 7) is 8.36. The second kappa shape index (κ2) is 9.38. The molecule has 0 bridgehead atoms. The van der Waals surface area contributed by atoms with Gasteiger partial charge < -0.3 is 14.8 Å². The van der Waals surface area contributed by atoms with Crippen LogP contribution in [0.25, 0.3) is 0 Å². The van der Waals surface area contributed by atoms with E-state index in [4.69, 9.17) is 9.47 Å². The molecule has 0 aliphatic carbocycles. The zero-order chi connectivity index (χ0) is 24.5. The van der Waals surface area contributed by atoms with Crippen LogP contribution in [-0.4, -0.2) is 27.5 Å². The monoisotopic (exact) mass is 480 g/mol. The summed E-state index contributed by atoms with van der Waals surface area (Å²) in [7, 11) is -3.88. The predicted octanol–water partition coefficient (Wildman–Crippen LogP) is 4.67. The Morgan fingerprint density at radius 2 is 1.56 bits per heavy atom. The molecule has 34 heavy (non-hydrogen) atoms. The number of hydrogen-bond donors (Lipinski definition) is 2. The number of ether oxygens (including phenoxy) is 2. The summed E-state index contributed by atoms with van der Waals surface area (Å²) >= 11 is 0. The number of fused-ring (bicyclic) bond motifs is 1. The van der Waals surface area contributed by atoms with Crippen molar-refractivity contribution < 1.29 is 22.7 Å². The van der Waals surface area contributed by atoms with E-state index < -0.39 is 10.0 Å². The number of carbonyl (C=O) groups is 1. The van der Waals surface area contributed by atoms with E-state index in [1.54, 1.807) is 31.2 Å². The first-order chi connectivity index (χ1) is 16.1. The van der Waals surface area contributed by atoms with Crippen LogP contribution >= 0.6 is 0 Å². The Hall–Kier alpha value is -3.52. The van der Waals surface area contributed by atoms with Crippen molar-refractivity contribution >= 4 is 21.6 Å². The molecular weight excluding hydrogens is 452 g/mol. The van der Waals surface area contributed by atoms with Crippen LogP contribution < -0.4 is 19.5 Å². The molecule has 0 fully saturated rings. The maximum absolute atomic E-state index is 13.1. The third kappa shape index (κ3) is 5.17. The summed E-state index contributed by atoms with van der Waals surface area (Å²) in [5, 5.41) is 2.93. The van der Waals surface area contributed by atoms with Crippen LogP contribution in [-0.2, 0) is 10.0 Å². The van der Waals surface area contributed by atoms with Gasteiger partial charge in [-0.05, 0) is 86.3 Å². The summed E-state index contributed by atoms with van der Waals surface area (Å²) in [6, 6.07) is 15.4. The van der Waals surface area contributed by atoms with E-state index in [-0.39, 0.29) is 22.4 Å². The molecule has 0 saturated carbocycles. The van der Waals surface area contributed by atoms with E-state index in [1.807, 2.05) is 45.0 Å². The zero-order valence-corrected chi connectivity index (χ0v) is 20.5. The fourth-order valence-electron chi connectivity index (χ4n) is 3.97. The summed E-state index contributed by atoms with van der Waals surface area (Å²) in [6.07, 6.45) is 0. The molecule has 3 aromatic rings. The second-order valence-electron chi connectivity index (χ2n) is 8.56. The smallest absolute Gasteiger partial charge is 0.262 e. The first kappa shape index (κ1) is 23.6. The van der Waals surface area contributed by atoms with Gasteiger partial charge >= 0.3 is 0 Å². The van der Waals surface area contributed by atoms with Crippen LogP contribution in [0.1, 0.15) is 45.6 Å². The molecule has 7 nitrogen and oxygen atoms in total. The molecule has 8 heteroatoms. The number of benzene rings is 3. The van der Waals surface area contributed by atoms with E-state index >= 15 is 0 Å². The Bertz CT molecular complexity index is 1330. The minimum absolute atomic E-state index is 0.0614. The Kier molecular flexibility index (Phi) is 6.52. The minimum atomic E-state index is -3.88. The lowest BCUT2D eigenvalue weighted by atomic mass is 10.1. The molecule has 0 saturated heterocycles. The first-order valence-corrected chi connectivity index (χ1v) is 12.5. The quantitative estimate of drug-likeness (QED) is 0.535. The molecule has 0 unspecified atom stereocenters. The molecule has 0 aromatic heterocycles. The maximum atomic E-state index is 13.1. The molecule has 178 valence electrons. The van der Waals surface area contributed by atoms with E-state index in [0.29, 0.717) is 36.0 Å². The van der Waals surface area contributed by atoms with Crippen molar-refractivity contribution in [2.45, 2.75) is 38.6 Å². The number of amides is 1. The molecule has 1 atom stereocenters. The summed E-state index contributed by atoms with van der Waals surface area (Å²) in [5.41, 5.74) is 4.06. The SMILES string of the molecule is Cc1cc(C)cc(NS(=O)(=O)c2cc(C(=O)N[C@H](C)c3ccc4c(c3)OCCO4)ccc2C)c1. The van der Waals surface area contributed by atoms with Crippen LogP contribution in [0, 0.1) is 20.8 Å². The second-order valence-corrected chi connectivity index (χ2v) is 10.2. The normalized spacial score (nSPS) is 13.8. The van der Waals surface area contributed by atoms with Gasteiger partial charge in [0.05, 0.1) is 10.9 Å². The highest BCUT2D eigenvalue weighted by atomic mass is 32.2. The van der Waals surface area contributed by atoms with Gasteiger partial charge in [-0.15, -0.1) is 0 Å². The van der Waals surface area contributed by atoms with Gasteiger partial charge in [0, 0.05) is 11.3 Å². The van der Waals surface area contributed by atoms with Gasteiger partial charge in [0.25, 0.3) is 15.9 Å². The summed E-state index contributed by atoms with van der Waals surface area (Å²) < 4.78 is 40.1. The summed E-state index contributed by atoms with van der Waals surface area (Å²) in [4.78, 5) is 13.0. The van der Waals surface area contributed by atoms with Gasteiger partial charge in [-0.2, -0.15) is 0 Å². The Morgan fingerprint density at radius 1 is 0.882 bits per heavy atom. The van der Waals surface area contributed by atoms with Gasteiger partial charge in [0.15, 0.2) is 11.5 Å². The predicted molar refractivity (Wildman–Crippen MR) is 131 cm³/mol. The van der Waals surface area contributed by atoms with Crippen molar-refractivity contribution in [3.05, 3.63) is 82.4 Å². The zero-order valence-electron chi connectivity index (χ0n) is 19.6. The fraction of sp³-hybridized carbons (Fsp3) is 0.269. The Morgan fingerprint density at radius 3 is 2.26 bits per heavy atom. The number of carbonyl (C=O) groups excluding carboxylic acids is 1. The standard InChI is InChI=1S/C26H28N2O5S/c1-16-11-17(2)13-22(12-16)28-34(30,31)25-15-21(6-5-18(25)3)26(29)27-19(4)20-7-8-23-24(14-20)33-10-9-32-23/h5-8,11-15,19,28H,9-10H2,1-4H3,(H,27,29)/t19-/m1/s1. The van der Waals surface area contributed by atoms with Crippen molar-refractivity contribution in [1.82, 2.24) is 5.32 Å². The topological polar surface area (TPSA) is 93.7 Å². The van der Waals surface area contributed by atoms with E-state index in [0.717, 1.165) is 16.7 Å². The number of anilines is 1. The molecule has 2 N–H and O–H groups in total. The third-order valence-electron chi connectivity index (χ3n) is 5.63. The minimum Gasteiger partial charge on any atom is -0.486 e. The molecular formula is C26H28N2O5S. The highest BCUT2D eigenvalue weighted by molar-refractivity contribution is 7.92. The van der Waals surface area contributed by atoms with Gasteiger partial charge in [0.1, 0.15) is 13.2 Å².